The molecule has 2 aliphatic carbocycles. The van der Waals surface area contributed by atoms with Gasteiger partial charge in [0, 0.05) is 0 Å². The lowest BCUT2D eigenvalue weighted by Gasteiger charge is -2.18. The molecule has 0 spiro atoms. The molecule has 0 aromatic rings. The van der Waals surface area contributed by atoms with Crippen molar-refractivity contribution in [1.29, 1.82) is 0 Å². The summed E-state index contributed by atoms with van der Waals surface area (Å²) >= 11 is 0. The number of halogens is 2. The Morgan fingerprint density at radius 2 is 2.00 bits per heavy atom. The fourth-order valence-corrected chi connectivity index (χ4v) is 3.18. The van der Waals surface area contributed by atoms with Crippen molar-refractivity contribution in [1.82, 2.24) is 4.72 Å². The lowest BCUT2D eigenvalue weighted by Crippen LogP contribution is -2.50. The van der Waals surface area contributed by atoms with Crippen LogP contribution >= 0.6 is 0 Å². The fourth-order valence-electron chi connectivity index (χ4n) is 1.55. The number of nitrogens with one attached hydrogen (secondary N) is 1. The van der Waals surface area contributed by atoms with Crippen molar-refractivity contribution in [3.8, 4) is 0 Å². The summed E-state index contributed by atoms with van der Waals surface area (Å²) in [7, 11) is -3.56. The van der Waals surface area contributed by atoms with E-state index in [2.05, 4.69) is 4.72 Å². The molecule has 0 radical (unpaired) electrons. The summed E-state index contributed by atoms with van der Waals surface area (Å²) in [5, 5.41) is 0. The fraction of sp³-hybridized carbons (Fsp3) is 1.00. The molecule has 0 aliphatic heterocycles. The van der Waals surface area contributed by atoms with Gasteiger partial charge in [-0.1, -0.05) is 0 Å². The Kier molecular flexibility index (Phi) is 2.16. The molecule has 7 heteroatoms. The van der Waals surface area contributed by atoms with Crippen LogP contribution in [0.3, 0.4) is 0 Å². The van der Waals surface area contributed by atoms with Crippen LogP contribution in [0.1, 0.15) is 26.2 Å². The van der Waals surface area contributed by atoms with Gasteiger partial charge in [-0.25, -0.2) is 17.2 Å². The van der Waals surface area contributed by atoms with Crippen LogP contribution in [0.15, 0.2) is 0 Å². The smallest absolute Gasteiger partial charge is 0.244 e. The predicted octanol–water partition coefficient (Wildman–Crippen LogP) is 0.398. The number of hydrogen-bond acceptors (Lipinski definition) is 3. The Morgan fingerprint density at radius 1 is 1.47 bits per heavy atom. The zero-order valence-electron chi connectivity index (χ0n) is 8.33. The van der Waals surface area contributed by atoms with Crippen LogP contribution in [0.25, 0.3) is 0 Å². The molecule has 2 saturated carbocycles. The van der Waals surface area contributed by atoms with Crippen molar-refractivity contribution in [2.75, 3.05) is 0 Å². The van der Waals surface area contributed by atoms with Crippen LogP contribution in [-0.2, 0) is 10.0 Å². The molecule has 0 unspecified atom stereocenters. The van der Waals surface area contributed by atoms with Gasteiger partial charge in [-0.2, -0.15) is 4.72 Å². The molecule has 2 atom stereocenters. The molecule has 15 heavy (non-hydrogen) atoms. The molecule has 0 bridgehead atoms. The summed E-state index contributed by atoms with van der Waals surface area (Å²) < 4.78 is 49.4. The van der Waals surface area contributed by atoms with E-state index in [1.165, 1.54) is 0 Å². The summed E-state index contributed by atoms with van der Waals surface area (Å²) in [6, 6.07) is 0. The van der Waals surface area contributed by atoms with Crippen molar-refractivity contribution in [2.45, 2.75) is 43.0 Å². The molecular formula is C8H14F2N2O2S. The third-order valence-corrected chi connectivity index (χ3v) is 5.65. The van der Waals surface area contributed by atoms with E-state index in [0.29, 0.717) is 12.8 Å². The van der Waals surface area contributed by atoms with Gasteiger partial charge < -0.3 is 5.73 Å². The van der Waals surface area contributed by atoms with Crippen molar-refractivity contribution >= 4 is 10.0 Å². The van der Waals surface area contributed by atoms with E-state index in [1.807, 2.05) is 0 Å². The summed E-state index contributed by atoms with van der Waals surface area (Å²) in [4.78, 5) is 0. The molecule has 2 aliphatic rings. The maximum Gasteiger partial charge on any atom is 0.244 e. The second-order valence-corrected chi connectivity index (χ2v) is 6.94. The van der Waals surface area contributed by atoms with Crippen molar-refractivity contribution in [3.05, 3.63) is 0 Å². The van der Waals surface area contributed by atoms with Crippen LogP contribution in [0.4, 0.5) is 8.78 Å². The van der Waals surface area contributed by atoms with Gasteiger partial charge in [0.25, 0.3) is 0 Å². The molecule has 2 fully saturated rings. The van der Waals surface area contributed by atoms with Crippen LogP contribution < -0.4 is 10.5 Å². The SMILES string of the molecule is CC1(S(=O)(=O)N[C@]2(N)C[C@H]2C(F)F)CC1. The zero-order chi connectivity index (χ0) is 11.5. The third kappa shape index (κ3) is 1.76. The predicted molar refractivity (Wildman–Crippen MR) is 50.7 cm³/mol. The number of hydrogen-bond donors (Lipinski definition) is 2. The average Bonchev–Trinajstić information content (AvgIpc) is 2.90. The maximum absolute atomic E-state index is 12.3. The van der Waals surface area contributed by atoms with Gasteiger partial charge in [0.1, 0.15) is 0 Å². The van der Waals surface area contributed by atoms with E-state index in [4.69, 9.17) is 5.73 Å². The largest absolute Gasteiger partial charge is 0.312 e. The minimum atomic E-state index is -3.56. The first-order valence-electron chi connectivity index (χ1n) is 4.81. The van der Waals surface area contributed by atoms with Gasteiger partial charge >= 0.3 is 0 Å². The van der Waals surface area contributed by atoms with Gasteiger partial charge in [0.2, 0.25) is 16.4 Å². The van der Waals surface area contributed by atoms with Gasteiger partial charge in [-0.15, -0.1) is 0 Å². The molecule has 3 N–H and O–H groups in total. The first-order chi connectivity index (χ1) is 6.70. The highest BCUT2D eigenvalue weighted by molar-refractivity contribution is 7.91. The maximum atomic E-state index is 12.3. The van der Waals surface area contributed by atoms with Crippen LogP contribution in [0.2, 0.25) is 0 Å². The molecule has 0 aromatic heterocycles. The monoisotopic (exact) mass is 240 g/mol. The van der Waals surface area contributed by atoms with Crippen LogP contribution in [0, 0.1) is 5.92 Å². The molecule has 0 saturated heterocycles. The Balaban J connectivity index is 2.05. The molecule has 0 amide bonds. The molecular weight excluding hydrogens is 226 g/mol. The van der Waals surface area contributed by atoms with Crippen molar-refractivity contribution in [3.63, 3.8) is 0 Å². The van der Waals surface area contributed by atoms with E-state index in [1.54, 1.807) is 6.92 Å². The first kappa shape index (κ1) is 11.2. The third-order valence-electron chi connectivity index (χ3n) is 3.29. The van der Waals surface area contributed by atoms with Gasteiger partial charge in [0.05, 0.1) is 16.3 Å². The van der Waals surface area contributed by atoms with E-state index in [9.17, 15) is 17.2 Å². The Hall–Kier alpha value is -0.270. The second-order valence-electron chi connectivity index (χ2n) is 4.74. The first-order valence-corrected chi connectivity index (χ1v) is 6.29. The highest BCUT2D eigenvalue weighted by Gasteiger charge is 2.61. The molecule has 0 heterocycles. The number of alkyl halides is 2. The summed E-state index contributed by atoms with van der Waals surface area (Å²) in [5.41, 5.74) is 4.11. The Labute approximate surface area is 87.3 Å². The molecule has 4 nitrogen and oxygen atoms in total. The Morgan fingerprint density at radius 3 is 2.33 bits per heavy atom. The summed E-state index contributed by atoms with van der Waals surface area (Å²) in [6.45, 7) is 1.60. The quantitative estimate of drug-likeness (QED) is 0.699. The van der Waals surface area contributed by atoms with Crippen molar-refractivity contribution < 1.29 is 17.2 Å². The van der Waals surface area contributed by atoms with E-state index >= 15 is 0 Å². The highest BCUT2D eigenvalue weighted by atomic mass is 32.2. The van der Waals surface area contributed by atoms with Crippen LogP contribution in [0.5, 0.6) is 0 Å². The molecule has 0 aromatic carbocycles. The lowest BCUT2D eigenvalue weighted by molar-refractivity contribution is 0.112. The number of rotatable bonds is 4. The van der Waals surface area contributed by atoms with Crippen molar-refractivity contribution in [2.24, 2.45) is 11.7 Å². The second kappa shape index (κ2) is 2.89. The lowest BCUT2D eigenvalue weighted by atomic mass is 10.4. The number of nitrogens with two attached hydrogens (primary N) is 1. The highest BCUT2D eigenvalue weighted by Crippen LogP contribution is 2.48. The minimum Gasteiger partial charge on any atom is -0.312 e. The van der Waals surface area contributed by atoms with Gasteiger partial charge in [0.15, 0.2) is 0 Å². The molecule has 2 rings (SSSR count). The summed E-state index contributed by atoms with van der Waals surface area (Å²) in [6.07, 6.45) is -1.42. The van der Waals surface area contributed by atoms with Gasteiger partial charge in [-0.3, -0.25) is 0 Å². The zero-order valence-corrected chi connectivity index (χ0v) is 9.15. The topological polar surface area (TPSA) is 72.2 Å². The Bertz CT molecular complexity index is 380. The standard InChI is InChI=1S/C8H14F2N2O2S/c1-7(2-3-7)15(13,14)12-8(11)4-5(8)6(9)10/h5-6,12H,2-4,11H2,1H3/t5-,8+/m0/s1. The van der Waals surface area contributed by atoms with E-state index in [0.717, 1.165) is 0 Å². The summed E-state index contributed by atoms with van der Waals surface area (Å²) in [5.74, 6) is -1.05. The van der Waals surface area contributed by atoms with E-state index < -0.39 is 32.8 Å². The number of sulfonamides is 1. The van der Waals surface area contributed by atoms with Crippen LogP contribution in [-0.4, -0.2) is 25.3 Å². The minimum absolute atomic E-state index is 0.0139. The normalized spacial score (nSPS) is 38.1. The van der Waals surface area contributed by atoms with E-state index in [-0.39, 0.29) is 6.42 Å². The molecule has 88 valence electrons. The van der Waals surface area contributed by atoms with Gasteiger partial charge in [-0.05, 0) is 26.2 Å². The average molecular weight is 240 g/mol.